The highest BCUT2D eigenvalue weighted by Gasteiger charge is 2.44. The number of ether oxygens (including phenoxy) is 2. The van der Waals surface area contributed by atoms with Crippen molar-refractivity contribution >= 4 is 11.9 Å². The molecule has 1 aliphatic heterocycles. The number of carbonyl (C=O) groups excluding carboxylic acids is 2. The Labute approximate surface area is 136 Å². The van der Waals surface area contributed by atoms with Crippen LogP contribution in [0.15, 0.2) is 24.3 Å². The lowest BCUT2D eigenvalue weighted by atomic mass is 9.80. The van der Waals surface area contributed by atoms with Gasteiger partial charge in [0, 0.05) is 25.8 Å². The molecular weight excluding hydrogens is 294 g/mol. The van der Waals surface area contributed by atoms with Gasteiger partial charge in [-0.25, -0.2) is 4.79 Å². The molecule has 1 aromatic rings. The van der Waals surface area contributed by atoms with E-state index in [2.05, 4.69) is 0 Å². The van der Waals surface area contributed by atoms with Gasteiger partial charge in [-0.15, -0.1) is 0 Å². The minimum atomic E-state index is -0.421. The van der Waals surface area contributed by atoms with Crippen LogP contribution in [0.4, 0.5) is 4.79 Å². The molecule has 2 aliphatic rings. The van der Waals surface area contributed by atoms with Crippen LogP contribution in [-0.2, 0) is 9.53 Å². The molecule has 3 rings (SSSR count). The maximum absolute atomic E-state index is 12.5. The van der Waals surface area contributed by atoms with Gasteiger partial charge in [-0.2, -0.15) is 0 Å². The minimum absolute atomic E-state index is 0.0693. The zero-order valence-corrected chi connectivity index (χ0v) is 13.7. The van der Waals surface area contributed by atoms with Gasteiger partial charge in [0.1, 0.15) is 17.1 Å². The number of hydrogen-bond acceptors (Lipinski definition) is 4. The van der Waals surface area contributed by atoms with E-state index in [1.54, 1.807) is 12.0 Å². The number of hydrogen-bond donors (Lipinski definition) is 0. The number of nitrogens with zero attached hydrogens (tertiary/aromatic N) is 1. The molecule has 1 aromatic carbocycles. The Balaban J connectivity index is 1.70. The van der Waals surface area contributed by atoms with Gasteiger partial charge >= 0.3 is 6.09 Å². The lowest BCUT2D eigenvalue weighted by Crippen LogP contribution is -2.51. The summed E-state index contributed by atoms with van der Waals surface area (Å²) in [5.74, 6) is 1.06. The Morgan fingerprint density at radius 2 is 1.96 bits per heavy atom. The van der Waals surface area contributed by atoms with Gasteiger partial charge in [-0.1, -0.05) is 12.1 Å². The van der Waals surface area contributed by atoms with Crippen LogP contribution in [-0.4, -0.2) is 36.0 Å². The van der Waals surface area contributed by atoms with E-state index >= 15 is 0 Å². The highest BCUT2D eigenvalue weighted by Crippen LogP contribution is 2.38. The summed E-state index contributed by atoms with van der Waals surface area (Å²) in [7, 11) is 1.63. The van der Waals surface area contributed by atoms with E-state index in [4.69, 9.17) is 9.47 Å². The molecule has 1 saturated carbocycles. The molecular formula is C18H23NO4. The first-order valence-corrected chi connectivity index (χ1v) is 8.18. The van der Waals surface area contributed by atoms with Crippen LogP contribution < -0.4 is 4.74 Å². The van der Waals surface area contributed by atoms with Crippen molar-refractivity contribution < 1.29 is 19.1 Å². The molecule has 0 aromatic heterocycles. The molecule has 5 heteroatoms. The molecule has 124 valence electrons. The number of benzene rings is 1. The van der Waals surface area contributed by atoms with Gasteiger partial charge in [0.2, 0.25) is 0 Å². The predicted molar refractivity (Wildman–Crippen MR) is 85.4 cm³/mol. The quantitative estimate of drug-likeness (QED) is 0.856. The second kappa shape index (κ2) is 6.22. The second-order valence-electron chi connectivity index (χ2n) is 6.49. The summed E-state index contributed by atoms with van der Waals surface area (Å²) in [5.41, 5.74) is 0.603. The van der Waals surface area contributed by atoms with Crippen molar-refractivity contribution in [3.63, 3.8) is 0 Å². The van der Waals surface area contributed by atoms with E-state index in [-0.39, 0.29) is 17.9 Å². The van der Waals surface area contributed by atoms with Crippen LogP contribution in [0.2, 0.25) is 0 Å². The molecule has 0 bridgehead atoms. The van der Waals surface area contributed by atoms with Crippen LogP contribution in [0, 0.1) is 0 Å². The Morgan fingerprint density at radius 1 is 1.22 bits per heavy atom. The molecule has 1 saturated heterocycles. The van der Waals surface area contributed by atoms with Crippen LogP contribution >= 0.6 is 0 Å². The lowest BCUT2D eigenvalue weighted by Gasteiger charge is -2.44. The molecule has 0 radical (unpaired) electrons. The number of methoxy groups -OCH3 is 1. The van der Waals surface area contributed by atoms with E-state index in [9.17, 15) is 9.59 Å². The van der Waals surface area contributed by atoms with Gasteiger partial charge < -0.3 is 14.4 Å². The van der Waals surface area contributed by atoms with Crippen LogP contribution in [0.5, 0.6) is 5.75 Å². The van der Waals surface area contributed by atoms with Gasteiger partial charge in [0.05, 0.1) is 13.2 Å². The fourth-order valence-corrected chi connectivity index (χ4v) is 3.48. The molecule has 1 spiro atoms. The smallest absolute Gasteiger partial charge is 0.410 e. The molecule has 1 atom stereocenters. The Bertz CT molecular complexity index is 603. The first-order valence-electron chi connectivity index (χ1n) is 8.18. The highest BCUT2D eigenvalue weighted by atomic mass is 16.6. The number of rotatable bonds is 3. The Kier molecular flexibility index (Phi) is 4.28. The average molecular weight is 317 g/mol. The molecule has 5 nitrogen and oxygen atoms in total. The van der Waals surface area contributed by atoms with Crippen molar-refractivity contribution in [2.75, 3.05) is 13.7 Å². The molecule has 1 amide bonds. The van der Waals surface area contributed by atoms with Crippen molar-refractivity contribution in [1.29, 1.82) is 0 Å². The van der Waals surface area contributed by atoms with Crippen molar-refractivity contribution in [2.24, 2.45) is 0 Å². The van der Waals surface area contributed by atoms with Crippen molar-refractivity contribution in [2.45, 2.75) is 50.7 Å². The second-order valence-corrected chi connectivity index (χ2v) is 6.49. The zero-order chi connectivity index (χ0) is 16.4. The van der Waals surface area contributed by atoms with Crippen LogP contribution in [0.3, 0.4) is 0 Å². The fourth-order valence-electron chi connectivity index (χ4n) is 3.48. The molecule has 2 fully saturated rings. The maximum atomic E-state index is 12.5. The Morgan fingerprint density at radius 3 is 2.61 bits per heavy atom. The van der Waals surface area contributed by atoms with E-state index in [0.717, 1.165) is 17.7 Å². The third-order valence-electron chi connectivity index (χ3n) is 5.11. The average Bonchev–Trinajstić information content (AvgIpc) is 2.57. The summed E-state index contributed by atoms with van der Waals surface area (Å²) in [6.45, 7) is 2.66. The largest absolute Gasteiger partial charge is 0.497 e. The van der Waals surface area contributed by atoms with Gasteiger partial charge in [0.15, 0.2) is 0 Å². The number of Topliss-reactive ketones (excluding diaryl/α,β-unsaturated/α-hetero) is 1. The summed E-state index contributed by atoms with van der Waals surface area (Å²) < 4.78 is 11.0. The monoisotopic (exact) mass is 317 g/mol. The van der Waals surface area contributed by atoms with Crippen molar-refractivity contribution in [3.8, 4) is 5.75 Å². The minimum Gasteiger partial charge on any atom is -0.497 e. The summed E-state index contributed by atoms with van der Waals surface area (Å²) in [6, 6.07) is 7.68. The maximum Gasteiger partial charge on any atom is 0.410 e. The zero-order valence-electron chi connectivity index (χ0n) is 13.7. The first kappa shape index (κ1) is 15.8. The van der Waals surface area contributed by atoms with E-state index < -0.39 is 5.60 Å². The van der Waals surface area contributed by atoms with E-state index in [1.807, 2.05) is 31.2 Å². The van der Waals surface area contributed by atoms with Gasteiger partial charge in [-0.3, -0.25) is 4.79 Å². The molecule has 23 heavy (non-hydrogen) atoms. The third-order valence-corrected chi connectivity index (χ3v) is 5.11. The third kappa shape index (κ3) is 3.19. The number of carbonyl (C=O) groups is 2. The van der Waals surface area contributed by atoms with E-state index in [1.165, 1.54) is 0 Å². The SMILES string of the molecule is COc1cccc(C(C)N2CCC3(CCC(=O)CC3)OC2=O)c1. The standard InChI is InChI=1S/C18H23NO4/c1-13(14-4-3-5-16(12-14)22-2)19-11-10-18(23-17(19)21)8-6-15(20)7-9-18/h3-5,12-13H,6-11H2,1-2H3. The molecule has 1 aliphatic carbocycles. The summed E-state index contributed by atoms with van der Waals surface area (Å²) in [5, 5.41) is 0. The summed E-state index contributed by atoms with van der Waals surface area (Å²) in [4.78, 5) is 25.7. The number of amides is 1. The molecule has 1 heterocycles. The van der Waals surface area contributed by atoms with Crippen LogP contribution in [0.25, 0.3) is 0 Å². The van der Waals surface area contributed by atoms with Gasteiger partial charge in [0.25, 0.3) is 0 Å². The normalized spacial score (nSPS) is 21.9. The summed E-state index contributed by atoms with van der Waals surface area (Å²) in [6.07, 6.45) is 2.90. The van der Waals surface area contributed by atoms with Crippen LogP contribution in [0.1, 0.15) is 50.6 Å². The highest BCUT2D eigenvalue weighted by molar-refractivity contribution is 5.80. The van der Waals surface area contributed by atoms with E-state index in [0.29, 0.717) is 32.2 Å². The van der Waals surface area contributed by atoms with Gasteiger partial charge in [-0.05, 0) is 37.5 Å². The molecule has 1 unspecified atom stereocenters. The Hall–Kier alpha value is -2.04. The lowest BCUT2D eigenvalue weighted by molar-refractivity contribution is -0.129. The first-order chi connectivity index (χ1) is 11.0. The van der Waals surface area contributed by atoms with Crippen molar-refractivity contribution in [3.05, 3.63) is 29.8 Å². The molecule has 0 N–H and O–H groups in total. The summed E-state index contributed by atoms with van der Waals surface area (Å²) >= 11 is 0. The van der Waals surface area contributed by atoms with Crippen molar-refractivity contribution in [1.82, 2.24) is 4.90 Å². The number of ketones is 1. The predicted octanol–water partition coefficient (Wildman–Crippen LogP) is 3.48. The fraction of sp³-hybridized carbons (Fsp3) is 0.556. The topological polar surface area (TPSA) is 55.8 Å².